The first kappa shape index (κ1) is 19.6. The second kappa shape index (κ2) is 9.12. The highest BCUT2D eigenvalue weighted by atomic mass is 19.4. The zero-order chi connectivity index (χ0) is 19.0. The minimum Gasteiger partial charge on any atom is -0.490 e. The first-order valence-electron chi connectivity index (χ1n) is 8.17. The van der Waals surface area contributed by atoms with Crippen LogP contribution in [-0.2, 0) is 17.4 Å². The standard InChI is InChI=1S/C19H20F3NO3/c1-2-25-16-5-3-4-6-17(16)26-13-18(24)23-12-11-14-7-9-15(10-8-14)19(20,21)22/h3-10H,2,11-13H2,1H3,(H,23,24). The fourth-order valence-corrected chi connectivity index (χ4v) is 2.25. The molecule has 26 heavy (non-hydrogen) atoms. The minimum absolute atomic E-state index is 0.170. The lowest BCUT2D eigenvalue weighted by molar-refractivity contribution is -0.137. The molecule has 2 aromatic carbocycles. The van der Waals surface area contributed by atoms with Crippen LogP contribution in [0.1, 0.15) is 18.1 Å². The van der Waals surface area contributed by atoms with Crippen molar-refractivity contribution in [1.82, 2.24) is 5.32 Å². The molecule has 0 fully saturated rings. The molecule has 0 atom stereocenters. The molecule has 0 aliphatic heterocycles. The Morgan fingerprint density at radius 3 is 2.19 bits per heavy atom. The van der Waals surface area contributed by atoms with Crippen LogP contribution in [0.2, 0.25) is 0 Å². The Kier molecular flexibility index (Phi) is 6.89. The smallest absolute Gasteiger partial charge is 0.416 e. The van der Waals surface area contributed by atoms with Crippen LogP contribution in [0.4, 0.5) is 13.2 Å². The number of carbonyl (C=O) groups is 1. The first-order valence-corrected chi connectivity index (χ1v) is 8.17. The van der Waals surface area contributed by atoms with Crippen molar-refractivity contribution in [1.29, 1.82) is 0 Å². The summed E-state index contributed by atoms with van der Waals surface area (Å²) in [6, 6.07) is 11.9. The lowest BCUT2D eigenvalue weighted by Crippen LogP contribution is -2.30. The molecule has 0 saturated heterocycles. The molecular weight excluding hydrogens is 347 g/mol. The number of amides is 1. The summed E-state index contributed by atoms with van der Waals surface area (Å²) in [6.07, 6.45) is -3.92. The van der Waals surface area contributed by atoms with E-state index in [9.17, 15) is 18.0 Å². The van der Waals surface area contributed by atoms with Crippen molar-refractivity contribution in [2.75, 3.05) is 19.8 Å². The summed E-state index contributed by atoms with van der Waals surface area (Å²) in [6.45, 7) is 2.47. The van der Waals surface area contributed by atoms with Crippen molar-refractivity contribution in [2.24, 2.45) is 0 Å². The van der Waals surface area contributed by atoms with Gasteiger partial charge in [0.1, 0.15) is 0 Å². The van der Waals surface area contributed by atoms with E-state index < -0.39 is 11.7 Å². The zero-order valence-corrected chi connectivity index (χ0v) is 14.3. The van der Waals surface area contributed by atoms with Gasteiger partial charge in [-0.05, 0) is 43.2 Å². The molecule has 1 amide bonds. The summed E-state index contributed by atoms with van der Waals surface area (Å²) < 4.78 is 48.3. The molecule has 0 aliphatic carbocycles. The number of ether oxygens (including phenoxy) is 2. The van der Waals surface area contributed by atoms with Gasteiger partial charge in [-0.3, -0.25) is 4.79 Å². The Morgan fingerprint density at radius 2 is 1.62 bits per heavy atom. The van der Waals surface area contributed by atoms with E-state index in [0.717, 1.165) is 12.1 Å². The number of hydrogen-bond acceptors (Lipinski definition) is 3. The maximum atomic E-state index is 12.5. The number of nitrogens with one attached hydrogen (secondary N) is 1. The number of hydrogen-bond donors (Lipinski definition) is 1. The maximum absolute atomic E-state index is 12.5. The Balaban J connectivity index is 1.76. The van der Waals surface area contributed by atoms with Gasteiger partial charge in [0.25, 0.3) is 5.91 Å². The highest BCUT2D eigenvalue weighted by molar-refractivity contribution is 5.77. The van der Waals surface area contributed by atoms with Crippen LogP contribution in [0, 0.1) is 0 Å². The predicted molar refractivity (Wildman–Crippen MR) is 91.3 cm³/mol. The van der Waals surface area contributed by atoms with Gasteiger partial charge < -0.3 is 14.8 Å². The third-order valence-electron chi connectivity index (χ3n) is 3.52. The van der Waals surface area contributed by atoms with Gasteiger partial charge in [-0.2, -0.15) is 13.2 Å². The van der Waals surface area contributed by atoms with E-state index in [2.05, 4.69) is 5.32 Å². The molecule has 4 nitrogen and oxygen atoms in total. The molecule has 0 saturated carbocycles. The van der Waals surface area contributed by atoms with Crippen molar-refractivity contribution in [3.05, 3.63) is 59.7 Å². The van der Waals surface area contributed by atoms with Crippen LogP contribution in [0.3, 0.4) is 0 Å². The molecular formula is C19H20F3NO3. The third-order valence-corrected chi connectivity index (χ3v) is 3.52. The summed E-state index contributed by atoms with van der Waals surface area (Å²) in [7, 11) is 0. The average molecular weight is 367 g/mol. The van der Waals surface area contributed by atoms with E-state index in [-0.39, 0.29) is 12.5 Å². The molecule has 2 rings (SSSR count). The van der Waals surface area contributed by atoms with E-state index in [4.69, 9.17) is 9.47 Å². The van der Waals surface area contributed by atoms with Crippen molar-refractivity contribution in [3.63, 3.8) is 0 Å². The van der Waals surface area contributed by atoms with Crippen LogP contribution in [0.5, 0.6) is 11.5 Å². The van der Waals surface area contributed by atoms with Crippen LogP contribution < -0.4 is 14.8 Å². The maximum Gasteiger partial charge on any atom is 0.416 e. The second-order valence-corrected chi connectivity index (χ2v) is 5.46. The van der Waals surface area contributed by atoms with E-state index in [0.29, 0.717) is 36.6 Å². The zero-order valence-electron chi connectivity index (χ0n) is 14.3. The second-order valence-electron chi connectivity index (χ2n) is 5.46. The Bertz CT molecular complexity index is 715. The quantitative estimate of drug-likeness (QED) is 0.771. The number of alkyl halides is 3. The van der Waals surface area contributed by atoms with E-state index in [1.54, 1.807) is 18.2 Å². The summed E-state index contributed by atoms with van der Waals surface area (Å²) >= 11 is 0. The fourth-order valence-electron chi connectivity index (χ4n) is 2.25. The third kappa shape index (κ3) is 5.98. The molecule has 0 unspecified atom stereocenters. The van der Waals surface area contributed by atoms with Crippen molar-refractivity contribution in [2.45, 2.75) is 19.5 Å². The van der Waals surface area contributed by atoms with E-state index >= 15 is 0 Å². The average Bonchev–Trinajstić information content (AvgIpc) is 2.61. The fraction of sp³-hybridized carbons (Fsp3) is 0.316. The Hall–Kier alpha value is -2.70. The summed E-state index contributed by atoms with van der Waals surface area (Å²) in [5, 5.41) is 2.67. The van der Waals surface area contributed by atoms with Crippen LogP contribution in [0.25, 0.3) is 0 Å². The molecule has 0 radical (unpaired) electrons. The SMILES string of the molecule is CCOc1ccccc1OCC(=O)NCCc1ccc(C(F)(F)F)cc1. The van der Waals surface area contributed by atoms with Gasteiger partial charge in [-0.25, -0.2) is 0 Å². The number of carbonyl (C=O) groups excluding carboxylic acids is 1. The van der Waals surface area contributed by atoms with Crippen LogP contribution in [0.15, 0.2) is 48.5 Å². The van der Waals surface area contributed by atoms with Gasteiger partial charge in [-0.1, -0.05) is 24.3 Å². The van der Waals surface area contributed by atoms with Gasteiger partial charge in [-0.15, -0.1) is 0 Å². The van der Waals surface area contributed by atoms with Crippen LogP contribution >= 0.6 is 0 Å². The van der Waals surface area contributed by atoms with Crippen molar-refractivity contribution >= 4 is 5.91 Å². The van der Waals surface area contributed by atoms with Gasteiger partial charge in [0.05, 0.1) is 12.2 Å². The largest absolute Gasteiger partial charge is 0.490 e. The molecule has 0 heterocycles. The molecule has 140 valence electrons. The molecule has 0 aliphatic rings. The van der Waals surface area contributed by atoms with Crippen molar-refractivity contribution < 1.29 is 27.4 Å². The van der Waals surface area contributed by atoms with Gasteiger partial charge in [0, 0.05) is 6.54 Å². The highest BCUT2D eigenvalue weighted by Gasteiger charge is 2.29. The lowest BCUT2D eigenvalue weighted by atomic mass is 10.1. The Morgan fingerprint density at radius 1 is 1.00 bits per heavy atom. The lowest BCUT2D eigenvalue weighted by Gasteiger charge is -2.12. The molecule has 1 N–H and O–H groups in total. The van der Waals surface area contributed by atoms with Gasteiger partial charge in [0.15, 0.2) is 18.1 Å². The minimum atomic E-state index is -4.35. The van der Waals surface area contributed by atoms with Crippen molar-refractivity contribution in [3.8, 4) is 11.5 Å². The summed E-state index contributed by atoms with van der Waals surface area (Å²) in [5.74, 6) is 0.725. The number of rotatable bonds is 8. The number of halogens is 3. The number of para-hydroxylation sites is 2. The van der Waals surface area contributed by atoms with Crippen LogP contribution in [-0.4, -0.2) is 25.7 Å². The molecule has 0 bridgehead atoms. The Labute approximate surface area is 149 Å². The molecule has 0 aromatic heterocycles. The normalized spacial score (nSPS) is 11.1. The van der Waals surface area contributed by atoms with Gasteiger partial charge >= 0.3 is 6.18 Å². The van der Waals surface area contributed by atoms with E-state index in [1.165, 1.54) is 12.1 Å². The summed E-state index contributed by atoms with van der Waals surface area (Å²) in [5.41, 5.74) is 0.0209. The highest BCUT2D eigenvalue weighted by Crippen LogP contribution is 2.29. The molecule has 2 aromatic rings. The molecule has 7 heteroatoms. The van der Waals surface area contributed by atoms with Gasteiger partial charge in [0.2, 0.25) is 0 Å². The topological polar surface area (TPSA) is 47.6 Å². The number of benzene rings is 2. The predicted octanol–water partition coefficient (Wildman–Crippen LogP) is 3.84. The van der Waals surface area contributed by atoms with E-state index in [1.807, 2.05) is 13.0 Å². The molecule has 0 spiro atoms. The monoisotopic (exact) mass is 367 g/mol. The first-order chi connectivity index (χ1) is 12.4. The summed E-state index contributed by atoms with van der Waals surface area (Å²) in [4.78, 5) is 11.8.